The predicted molar refractivity (Wildman–Crippen MR) is 78.3 cm³/mol. The monoisotopic (exact) mass is 312 g/mol. The maximum atomic E-state index is 11.8. The predicted octanol–water partition coefficient (Wildman–Crippen LogP) is 1.25. The van der Waals surface area contributed by atoms with E-state index in [-0.39, 0.29) is 17.6 Å². The summed E-state index contributed by atoms with van der Waals surface area (Å²) in [6.45, 7) is 4.47. The van der Waals surface area contributed by atoms with Crippen molar-refractivity contribution in [2.75, 3.05) is 5.75 Å². The topological polar surface area (TPSA) is 97.1 Å². The molecule has 0 aromatic carbocycles. The lowest BCUT2D eigenvalue weighted by atomic mass is 10.2. The zero-order valence-electron chi connectivity index (χ0n) is 12.2. The van der Waals surface area contributed by atoms with Crippen LogP contribution in [0.5, 0.6) is 0 Å². The van der Waals surface area contributed by atoms with Gasteiger partial charge in [-0.1, -0.05) is 25.6 Å². The molecular weight excluding hydrogens is 292 g/mol. The molecule has 21 heavy (non-hydrogen) atoms. The van der Waals surface area contributed by atoms with Gasteiger partial charge in [0.1, 0.15) is 5.82 Å². The molecule has 2 N–H and O–H groups in total. The Kier molecular flexibility index (Phi) is 5.22. The number of aliphatic carboxylic acids is 1. The Bertz CT molecular complexity index is 525. The molecule has 1 amide bonds. The fraction of sp³-hybridized carbons (Fsp3) is 0.692. The number of amides is 1. The Morgan fingerprint density at radius 3 is 2.71 bits per heavy atom. The SMILES string of the molecule is CC(C)c1nnc(SCC(=O)O)n1CCC(=O)NC1CC1. The molecule has 1 saturated carbocycles. The van der Waals surface area contributed by atoms with Gasteiger partial charge in [0.05, 0.1) is 5.75 Å². The fourth-order valence-corrected chi connectivity index (χ4v) is 2.60. The van der Waals surface area contributed by atoms with E-state index in [1.807, 2.05) is 18.4 Å². The van der Waals surface area contributed by atoms with Crippen LogP contribution in [0.2, 0.25) is 0 Å². The summed E-state index contributed by atoms with van der Waals surface area (Å²) in [5.74, 6) is 0.0114. The maximum absolute atomic E-state index is 11.8. The second-order valence-corrected chi connectivity index (χ2v) is 6.36. The lowest BCUT2D eigenvalue weighted by molar-refractivity contribution is -0.134. The van der Waals surface area contributed by atoms with E-state index in [9.17, 15) is 9.59 Å². The number of hydrogen-bond acceptors (Lipinski definition) is 5. The minimum atomic E-state index is -0.896. The van der Waals surface area contributed by atoms with Crippen molar-refractivity contribution in [3.63, 3.8) is 0 Å². The van der Waals surface area contributed by atoms with Gasteiger partial charge in [0.25, 0.3) is 0 Å². The van der Waals surface area contributed by atoms with E-state index < -0.39 is 5.97 Å². The van der Waals surface area contributed by atoms with Crippen LogP contribution < -0.4 is 5.32 Å². The van der Waals surface area contributed by atoms with Gasteiger partial charge in [0.15, 0.2) is 5.16 Å². The first-order valence-electron chi connectivity index (χ1n) is 7.04. The minimum absolute atomic E-state index is 0.0232. The van der Waals surface area contributed by atoms with Gasteiger partial charge in [-0.25, -0.2) is 0 Å². The van der Waals surface area contributed by atoms with Gasteiger partial charge in [-0.15, -0.1) is 10.2 Å². The van der Waals surface area contributed by atoms with Crippen LogP contribution in [-0.4, -0.2) is 43.5 Å². The summed E-state index contributed by atoms with van der Waals surface area (Å²) >= 11 is 1.13. The molecule has 0 unspecified atom stereocenters. The molecule has 0 atom stereocenters. The van der Waals surface area contributed by atoms with E-state index in [4.69, 9.17) is 5.11 Å². The summed E-state index contributed by atoms with van der Waals surface area (Å²) in [4.78, 5) is 22.5. The minimum Gasteiger partial charge on any atom is -0.481 e. The molecule has 0 radical (unpaired) electrons. The van der Waals surface area contributed by atoms with Gasteiger partial charge < -0.3 is 15.0 Å². The van der Waals surface area contributed by atoms with Crippen molar-refractivity contribution in [1.29, 1.82) is 0 Å². The smallest absolute Gasteiger partial charge is 0.313 e. The second kappa shape index (κ2) is 6.93. The van der Waals surface area contributed by atoms with Crippen LogP contribution >= 0.6 is 11.8 Å². The van der Waals surface area contributed by atoms with E-state index in [0.717, 1.165) is 30.4 Å². The largest absolute Gasteiger partial charge is 0.481 e. The van der Waals surface area contributed by atoms with Crippen molar-refractivity contribution < 1.29 is 14.7 Å². The van der Waals surface area contributed by atoms with Crippen LogP contribution in [0.3, 0.4) is 0 Å². The summed E-state index contributed by atoms with van der Waals surface area (Å²) in [6, 6.07) is 0.351. The van der Waals surface area contributed by atoms with Crippen molar-refractivity contribution in [1.82, 2.24) is 20.1 Å². The van der Waals surface area contributed by atoms with Crippen LogP contribution in [0.1, 0.15) is 44.9 Å². The summed E-state index contributed by atoms with van der Waals surface area (Å²) in [5, 5.41) is 20.4. The number of carbonyl (C=O) groups excluding carboxylic acids is 1. The third kappa shape index (κ3) is 4.73. The standard InChI is InChI=1S/C13H20N4O3S/c1-8(2)12-15-16-13(21-7-11(19)20)17(12)6-5-10(18)14-9-3-4-9/h8-9H,3-7H2,1-2H3,(H,14,18)(H,19,20). The van der Waals surface area contributed by atoms with E-state index >= 15 is 0 Å². The lowest BCUT2D eigenvalue weighted by Crippen LogP contribution is -2.26. The van der Waals surface area contributed by atoms with Crippen LogP contribution in [0.15, 0.2) is 5.16 Å². The van der Waals surface area contributed by atoms with Gasteiger partial charge >= 0.3 is 5.97 Å². The Balaban J connectivity index is 2.00. The Morgan fingerprint density at radius 2 is 2.14 bits per heavy atom. The first-order valence-corrected chi connectivity index (χ1v) is 8.03. The molecule has 2 rings (SSSR count). The Hall–Kier alpha value is -1.57. The van der Waals surface area contributed by atoms with Gasteiger partial charge in [-0.05, 0) is 12.8 Å². The second-order valence-electron chi connectivity index (χ2n) is 5.42. The molecule has 1 fully saturated rings. The molecular formula is C13H20N4O3S. The highest BCUT2D eigenvalue weighted by Gasteiger charge is 2.23. The summed E-state index contributed by atoms with van der Waals surface area (Å²) in [6.07, 6.45) is 2.49. The molecule has 0 aliphatic heterocycles. The van der Waals surface area contributed by atoms with Gasteiger partial charge in [0.2, 0.25) is 5.91 Å². The number of aromatic nitrogens is 3. The maximum Gasteiger partial charge on any atom is 0.313 e. The average molecular weight is 312 g/mol. The number of nitrogens with zero attached hydrogens (tertiary/aromatic N) is 3. The molecule has 116 valence electrons. The zero-order valence-corrected chi connectivity index (χ0v) is 13.0. The first kappa shape index (κ1) is 15.8. The molecule has 8 heteroatoms. The number of carbonyl (C=O) groups is 2. The summed E-state index contributed by atoms with van der Waals surface area (Å²) in [7, 11) is 0. The van der Waals surface area contributed by atoms with Crippen LogP contribution in [0, 0.1) is 0 Å². The molecule has 1 aromatic rings. The van der Waals surface area contributed by atoms with E-state index in [2.05, 4.69) is 15.5 Å². The average Bonchev–Trinajstić information content (AvgIpc) is 3.11. The molecule has 7 nitrogen and oxygen atoms in total. The number of carboxylic acid groups (broad SMARTS) is 1. The van der Waals surface area contributed by atoms with Crippen molar-refractivity contribution in [3.05, 3.63) is 5.82 Å². The number of carboxylic acids is 1. The number of nitrogens with one attached hydrogen (secondary N) is 1. The van der Waals surface area contributed by atoms with Crippen LogP contribution in [0.25, 0.3) is 0 Å². The molecule has 1 aliphatic rings. The van der Waals surface area contributed by atoms with E-state index in [1.54, 1.807) is 0 Å². The van der Waals surface area contributed by atoms with Gasteiger partial charge in [-0.2, -0.15) is 0 Å². The fourth-order valence-electron chi connectivity index (χ4n) is 1.91. The van der Waals surface area contributed by atoms with E-state index in [1.165, 1.54) is 0 Å². The molecule has 0 saturated heterocycles. The third-order valence-corrected chi connectivity index (χ3v) is 4.04. The third-order valence-electron chi connectivity index (χ3n) is 3.09. The molecule has 0 bridgehead atoms. The molecule has 1 aromatic heterocycles. The quantitative estimate of drug-likeness (QED) is 0.701. The van der Waals surface area contributed by atoms with E-state index in [0.29, 0.717) is 24.2 Å². The lowest BCUT2D eigenvalue weighted by Gasteiger charge is -2.11. The van der Waals surface area contributed by atoms with Crippen molar-refractivity contribution >= 4 is 23.6 Å². The van der Waals surface area contributed by atoms with Crippen molar-refractivity contribution in [2.24, 2.45) is 0 Å². The molecule has 0 spiro atoms. The van der Waals surface area contributed by atoms with Gasteiger partial charge in [0, 0.05) is 24.9 Å². The normalized spacial score (nSPS) is 14.4. The number of thioether (sulfide) groups is 1. The number of hydrogen-bond donors (Lipinski definition) is 2. The molecule has 1 heterocycles. The van der Waals surface area contributed by atoms with Crippen LogP contribution in [0.4, 0.5) is 0 Å². The molecule has 1 aliphatic carbocycles. The Morgan fingerprint density at radius 1 is 1.43 bits per heavy atom. The van der Waals surface area contributed by atoms with Crippen molar-refractivity contribution in [3.8, 4) is 0 Å². The summed E-state index contributed by atoms with van der Waals surface area (Å²) in [5.41, 5.74) is 0. The van der Waals surface area contributed by atoms with Crippen LogP contribution in [-0.2, 0) is 16.1 Å². The Labute approximate surface area is 127 Å². The zero-order chi connectivity index (χ0) is 15.4. The highest BCUT2D eigenvalue weighted by Crippen LogP contribution is 2.22. The van der Waals surface area contributed by atoms with Gasteiger partial charge in [-0.3, -0.25) is 9.59 Å². The first-order chi connectivity index (χ1) is 9.97. The summed E-state index contributed by atoms with van der Waals surface area (Å²) < 4.78 is 1.85. The highest BCUT2D eigenvalue weighted by atomic mass is 32.2. The highest BCUT2D eigenvalue weighted by molar-refractivity contribution is 7.99. The number of rotatable bonds is 8. The van der Waals surface area contributed by atoms with Crippen molar-refractivity contribution in [2.45, 2.75) is 56.8 Å².